The Hall–Kier alpha value is -7.20. The first kappa shape index (κ1) is 50.2. The number of rotatable bonds is 24. The zero-order chi connectivity index (χ0) is 48.3. The second kappa shape index (κ2) is 25.6. The first-order chi connectivity index (χ1) is 33.0. The van der Waals surface area contributed by atoms with Gasteiger partial charge in [0.05, 0.1) is 35.5 Å². The highest BCUT2D eigenvalue weighted by atomic mass is 16.5. The second-order valence-electron chi connectivity index (χ2n) is 17.5. The van der Waals surface area contributed by atoms with Gasteiger partial charge >= 0.3 is 23.9 Å². The van der Waals surface area contributed by atoms with Gasteiger partial charge in [-0.2, -0.15) is 0 Å². The number of carbonyl (C=O) groups excluding carboxylic acids is 4. The van der Waals surface area contributed by atoms with Crippen LogP contribution in [0.25, 0.3) is 11.1 Å². The van der Waals surface area contributed by atoms with E-state index in [2.05, 4.69) is 34.6 Å². The third-order valence-electron chi connectivity index (χ3n) is 11.6. The lowest BCUT2D eigenvalue weighted by Gasteiger charge is -2.15. The van der Waals surface area contributed by atoms with Gasteiger partial charge in [0.1, 0.15) is 34.5 Å². The monoisotopic (exact) mass is 918 g/mol. The molecule has 6 aromatic rings. The standard InChI is InChI=1S/C58H62O10/c1-6-8-13-42(7-2)39-64-50-28-20-45(21-29-50)56(60)67-52-32-22-46(23-33-52)57(61)65-51-30-16-43(17-31-51)48-14-10-15-54(38-48)68-58(62)47-24-34-53(35-25-47)66-55(59)44-18-26-49(27-19-44)63-37-36-41(5)12-9-11-40(3)4/h10,14-35,38,40-42H,6-9,11-13,36-37,39H2,1-5H3. The first-order valence-electron chi connectivity index (χ1n) is 23.7. The average Bonchev–Trinajstić information content (AvgIpc) is 3.35. The molecule has 0 amide bonds. The van der Waals surface area contributed by atoms with Gasteiger partial charge in [-0.05, 0) is 163 Å². The third-order valence-corrected chi connectivity index (χ3v) is 11.6. The summed E-state index contributed by atoms with van der Waals surface area (Å²) < 4.78 is 34.2. The number of hydrogen-bond donors (Lipinski definition) is 0. The molecule has 0 bridgehead atoms. The van der Waals surface area contributed by atoms with Gasteiger partial charge in [-0.3, -0.25) is 0 Å². The van der Waals surface area contributed by atoms with E-state index in [4.69, 9.17) is 28.4 Å². The Morgan fingerprint density at radius 3 is 1.32 bits per heavy atom. The SMILES string of the molecule is CCCCC(CC)COc1ccc(C(=O)Oc2ccc(C(=O)Oc3ccc(-c4cccc(OC(=O)c5ccc(OC(=O)c6ccc(OCCC(C)CCCC(C)C)cc6)cc5)c4)cc3)cc2)cc1. The van der Waals surface area contributed by atoms with E-state index in [-0.39, 0.29) is 22.6 Å². The van der Waals surface area contributed by atoms with Crippen LogP contribution in [0.2, 0.25) is 0 Å². The van der Waals surface area contributed by atoms with E-state index in [1.165, 1.54) is 62.1 Å². The quantitative estimate of drug-likeness (QED) is 0.0428. The van der Waals surface area contributed by atoms with Crippen molar-refractivity contribution in [2.24, 2.45) is 17.8 Å². The van der Waals surface area contributed by atoms with Gasteiger partial charge < -0.3 is 28.4 Å². The van der Waals surface area contributed by atoms with Crippen molar-refractivity contribution in [2.75, 3.05) is 13.2 Å². The van der Waals surface area contributed by atoms with Gasteiger partial charge in [-0.1, -0.05) is 97.4 Å². The van der Waals surface area contributed by atoms with Crippen molar-refractivity contribution in [2.45, 2.75) is 86.0 Å². The molecular weight excluding hydrogens is 857 g/mol. The highest BCUT2D eigenvalue weighted by molar-refractivity contribution is 5.94. The molecule has 0 aliphatic rings. The van der Waals surface area contributed by atoms with Crippen LogP contribution in [-0.2, 0) is 0 Å². The normalized spacial score (nSPS) is 11.9. The maximum Gasteiger partial charge on any atom is 0.343 e. The van der Waals surface area contributed by atoms with Crippen LogP contribution in [0.4, 0.5) is 0 Å². The lowest BCUT2D eigenvalue weighted by atomic mass is 9.98. The zero-order valence-electron chi connectivity index (χ0n) is 39.7. The van der Waals surface area contributed by atoms with Crippen LogP contribution in [0.1, 0.15) is 127 Å². The van der Waals surface area contributed by atoms with Crippen LogP contribution >= 0.6 is 0 Å². The number of unbranched alkanes of at least 4 members (excludes halogenated alkanes) is 1. The van der Waals surface area contributed by atoms with Crippen molar-refractivity contribution >= 4 is 23.9 Å². The van der Waals surface area contributed by atoms with Crippen molar-refractivity contribution in [3.63, 3.8) is 0 Å². The third kappa shape index (κ3) is 15.7. The molecule has 0 N–H and O–H groups in total. The van der Waals surface area contributed by atoms with Crippen molar-refractivity contribution in [1.29, 1.82) is 0 Å². The average molecular weight is 919 g/mol. The molecule has 2 atom stereocenters. The maximum atomic E-state index is 13.1. The number of esters is 4. The van der Waals surface area contributed by atoms with Gasteiger partial charge in [0.25, 0.3) is 0 Å². The minimum Gasteiger partial charge on any atom is -0.494 e. The summed E-state index contributed by atoms with van der Waals surface area (Å²) in [6, 6.07) is 40.0. The Morgan fingerprint density at radius 2 is 0.868 bits per heavy atom. The molecule has 10 nitrogen and oxygen atoms in total. The predicted octanol–water partition coefficient (Wildman–Crippen LogP) is 14.1. The van der Waals surface area contributed by atoms with Gasteiger partial charge in [0.2, 0.25) is 0 Å². The molecule has 6 rings (SSSR count). The summed E-state index contributed by atoms with van der Waals surface area (Å²) in [5.41, 5.74) is 2.89. The van der Waals surface area contributed by atoms with Crippen LogP contribution < -0.4 is 28.4 Å². The Kier molecular flexibility index (Phi) is 18.9. The van der Waals surface area contributed by atoms with Crippen molar-refractivity contribution in [3.8, 4) is 45.6 Å². The summed E-state index contributed by atoms with van der Waals surface area (Å²) in [5.74, 6) is 2.26. The summed E-state index contributed by atoms with van der Waals surface area (Å²) in [7, 11) is 0. The molecule has 0 heterocycles. The molecule has 0 aliphatic heterocycles. The summed E-state index contributed by atoms with van der Waals surface area (Å²) in [4.78, 5) is 51.7. The highest BCUT2D eigenvalue weighted by Crippen LogP contribution is 2.28. The Bertz CT molecular complexity index is 2530. The Morgan fingerprint density at radius 1 is 0.426 bits per heavy atom. The largest absolute Gasteiger partial charge is 0.494 e. The predicted molar refractivity (Wildman–Crippen MR) is 264 cm³/mol. The van der Waals surface area contributed by atoms with E-state index in [1.807, 2.05) is 6.07 Å². The minimum absolute atomic E-state index is 0.276. The van der Waals surface area contributed by atoms with Crippen LogP contribution in [0.3, 0.4) is 0 Å². The lowest BCUT2D eigenvalue weighted by Crippen LogP contribution is -2.12. The molecule has 0 aliphatic carbocycles. The highest BCUT2D eigenvalue weighted by Gasteiger charge is 2.16. The van der Waals surface area contributed by atoms with Crippen LogP contribution in [0.5, 0.6) is 34.5 Å². The fourth-order valence-corrected chi connectivity index (χ4v) is 7.32. The van der Waals surface area contributed by atoms with E-state index in [1.54, 1.807) is 103 Å². The summed E-state index contributed by atoms with van der Waals surface area (Å²) in [6.45, 7) is 12.4. The number of carbonyl (C=O) groups is 4. The summed E-state index contributed by atoms with van der Waals surface area (Å²) >= 11 is 0. The van der Waals surface area contributed by atoms with E-state index < -0.39 is 23.9 Å². The molecular formula is C58H62O10. The second-order valence-corrected chi connectivity index (χ2v) is 17.5. The van der Waals surface area contributed by atoms with E-state index in [0.717, 1.165) is 42.7 Å². The molecule has 0 saturated heterocycles. The van der Waals surface area contributed by atoms with Gasteiger partial charge in [0, 0.05) is 0 Å². The zero-order valence-corrected chi connectivity index (χ0v) is 39.7. The summed E-state index contributed by atoms with van der Waals surface area (Å²) in [5, 5.41) is 0. The van der Waals surface area contributed by atoms with Crippen LogP contribution in [0, 0.1) is 17.8 Å². The maximum absolute atomic E-state index is 13.1. The summed E-state index contributed by atoms with van der Waals surface area (Å²) in [6.07, 6.45) is 9.19. The number of benzene rings is 6. The molecule has 0 fully saturated rings. The molecule has 10 heteroatoms. The van der Waals surface area contributed by atoms with Gasteiger partial charge in [0.15, 0.2) is 0 Å². The van der Waals surface area contributed by atoms with E-state index >= 15 is 0 Å². The first-order valence-corrected chi connectivity index (χ1v) is 23.7. The van der Waals surface area contributed by atoms with Crippen LogP contribution in [0.15, 0.2) is 146 Å². The molecule has 0 spiro atoms. The molecule has 68 heavy (non-hydrogen) atoms. The smallest absolute Gasteiger partial charge is 0.343 e. The van der Waals surface area contributed by atoms with Crippen molar-refractivity contribution < 1.29 is 47.6 Å². The fraction of sp³-hybridized carbons (Fsp3) is 0.310. The van der Waals surface area contributed by atoms with E-state index in [9.17, 15) is 19.2 Å². The lowest BCUT2D eigenvalue weighted by molar-refractivity contribution is 0.0720. The fourth-order valence-electron chi connectivity index (χ4n) is 7.32. The molecule has 6 aromatic carbocycles. The topological polar surface area (TPSA) is 124 Å². The number of ether oxygens (including phenoxy) is 6. The van der Waals surface area contributed by atoms with Crippen LogP contribution in [-0.4, -0.2) is 37.1 Å². The van der Waals surface area contributed by atoms with Crippen molar-refractivity contribution in [1.82, 2.24) is 0 Å². The van der Waals surface area contributed by atoms with Gasteiger partial charge in [-0.25, -0.2) is 19.2 Å². The van der Waals surface area contributed by atoms with E-state index in [0.29, 0.717) is 59.2 Å². The molecule has 0 radical (unpaired) electrons. The van der Waals surface area contributed by atoms with Crippen molar-refractivity contribution in [3.05, 3.63) is 168 Å². The number of hydrogen-bond acceptors (Lipinski definition) is 10. The van der Waals surface area contributed by atoms with Gasteiger partial charge in [-0.15, -0.1) is 0 Å². The molecule has 2 unspecified atom stereocenters. The molecule has 354 valence electrons. The minimum atomic E-state index is -0.581. The molecule has 0 saturated carbocycles. The Labute approximate surface area is 400 Å². The Balaban J connectivity index is 0.932. The molecule has 0 aromatic heterocycles.